The van der Waals surface area contributed by atoms with E-state index in [2.05, 4.69) is 25.8 Å². The number of pyridine rings is 1. The van der Waals surface area contributed by atoms with Crippen LogP contribution in [0.15, 0.2) is 46.4 Å². The van der Waals surface area contributed by atoms with E-state index in [1.807, 2.05) is 6.07 Å². The number of aliphatic hydroxyl groups is 1. The molecular formula is C27H31N5O6S2. The number of piperidine rings is 1. The molecule has 0 bridgehead atoms. The zero-order chi connectivity index (χ0) is 27.7. The number of benzene rings is 1. The van der Waals surface area contributed by atoms with Gasteiger partial charge in [0.2, 0.25) is 5.88 Å². The summed E-state index contributed by atoms with van der Waals surface area (Å²) in [6.45, 7) is 1.83. The normalized spacial score (nSPS) is 22.4. The third-order valence-electron chi connectivity index (χ3n) is 7.31. The highest BCUT2D eigenvalue weighted by Crippen LogP contribution is 2.34. The molecule has 1 amide bonds. The van der Waals surface area contributed by atoms with Gasteiger partial charge < -0.3 is 20.0 Å². The van der Waals surface area contributed by atoms with Crippen molar-refractivity contribution in [3.63, 3.8) is 0 Å². The fourth-order valence-corrected chi connectivity index (χ4v) is 7.38. The number of sulfone groups is 1. The van der Waals surface area contributed by atoms with Gasteiger partial charge in [0.15, 0.2) is 20.7 Å². The van der Waals surface area contributed by atoms with E-state index in [0.29, 0.717) is 59.0 Å². The van der Waals surface area contributed by atoms with Gasteiger partial charge in [-0.2, -0.15) is 0 Å². The van der Waals surface area contributed by atoms with Gasteiger partial charge in [-0.1, -0.05) is 28.6 Å². The van der Waals surface area contributed by atoms with Crippen LogP contribution >= 0.6 is 11.3 Å². The van der Waals surface area contributed by atoms with Crippen LogP contribution in [0.25, 0.3) is 10.3 Å². The smallest absolute Gasteiger partial charge is 0.280 e. The molecule has 3 aliphatic rings. The second kappa shape index (κ2) is 11.4. The van der Waals surface area contributed by atoms with Crippen LogP contribution in [0.4, 0.5) is 5.13 Å². The first kappa shape index (κ1) is 27.1. The zero-order valence-electron chi connectivity index (χ0n) is 21.8. The number of aliphatic hydroxyl groups excluding tert-OH is 1. The molecule has 3 aromatic rings. The van der Waals surface area contributed by atoms with Crippen molar-refractivity contribution >= 4 is 48.3 Å². The summed E-state index contributed by atoms with van der Waals surface area (Å²) < 4.78 is 31.3. The summed E-state index contributed by atoms with van der Waals surface area (Å²) >= 11 is 1.22. The minimum atomic E-state index is -3.36. The Bertz CT molecular complexity index is 1510. The van der Waals surface area contributed by atoms with Gasteiger partial charge in [-0.25, -0.2) is 18.4 Å². The maximum absolute atomic E-state index is 13.4. The molecule has 2 saturated carbocycles. The molecule has 1 aliphatic heterocycles. The fourth-order valence-electron chi connectivity index (χ4n) is 4.90. The third-order valence-corrected chi connectivity index (χ3v) is 10.5. The molecule has 2 aromatic heterocycles. The first-order chi connectivity index (χ1) is 19.3. The predicted octanol–water partition coefficient (Wildman–Crippen LogP) is 3.03. The van der Waals surface area contributed by atoms with Crippen molar-refractivity contribution < 1.29 is 27.9 Å². The zero-order valence-corrected chi connectivity index (χ0v) is 23.4. The summed E-state index contributed by atoms with van der Waals surface area (Å²) in [5.41, 5.74) is 1.02. The molecule has 3 N–H and O–H groups in total. The molecule has 2 aliphatic carbocycles. The molecule has 1 aromatic carbocycles. The lowest BCUT2D eigenvalue weighted by molar-refractivity contribution is -0.110. The Morgan fingerprint density at radius 1 is 1.00 bits per heavy atom. The van der Waals surface area contributed by atoms with E-state index in [9.17, 15) is 18.3 Å². The number of thiazole rings is 1. The predicted molar refractivity (Wildman–Crippen MR) is 150 cm³/mol. The van der Waals surface area contributed by atoms with Crippen molar-refractivity contribution in [1.29, 1.82) is 0 Å². The molecule has 11 nitrogen and oxygen atoms in total. The molecule has 3 heterocycles. The number of fused-ring (bicyclic) bond motifs is 1. The highest BCUT2D eigenvalue weighted by atomic mass is 32.2. The van der Waals surface area contributed by atoms with Crippen LogP contribution in [-0.4, -0.2) is 71.8 Å². The van der Waals surface area contributed by atoms with Crippen molar-refractivity contribution in [2.75, 3.05) is 18.4 Å². The van der Waals surface area contributed by atoms with E-state index < -0.39 is 21.8 Å². The number of anilines is 1. The number of carbonyl (C=O) groups excluding carboxylic acids is 1. The number of ether oxygens (including phenoxy) is 1. The maximum Gasteiger partial charge on any atom is 0.280 e. The van der Waals surface area contributed by atoms with Crippen LogP contribution in [0.3, 0.4) is 0 Å². The van der Waals surface area contributed by atoms with E-state index in [-0.39, 0.29) is 28.1 Å². The third kappa shape index (κ3) is 6.12. The Morgan fingerprint density at radius 3 is 2.48 bits per heavy atom. The van der Waals surface area contributed by atoms with Gasteiger partial charge in [0.25, 0.3) is 5.91 Å². The molecule has 1 saturated heterocycles. The van der Waals surface area contributed by atoms with Crippen molar-refractivity contribution in [1.82, 2.24) is 15.3 Å². The van der Waals surface area contributed by atoms with E-state index in [1.165, 1.54) is 23.5 Å². The highest BCUT2D eigenvalue weighted by molar-refractivity contribution is 7.92. The van der Waals surface area contributed by atoms with Gasteiger partial charge in [-0.3, -0.25) is 10.1 Å². The van der Waals surface area contributed by atoms with E-state index in [4.69, 9.17) is 9.57 Å². The van der Waals surface area contributed by atoms with Crippen LogP contribution in [0.5, 0.6) is 5.88 Å². The molecule has 40 heavy (non-hydrogen) atoms. The number of carbonyl (C=O) groups is 1. The van der Waals surface area contributed by atoms with Crippen molar-refractivity contribution in [3.8, 4) is 5.88 Å². The standard InChI is InChI=1S/C27H31N5O6S2/c33-17-3-4-19(15-17)38-32-24(16-1-5-20(6-2-16)40(35,36)21-7-8-21)25(34)31-27-29-22-9-10-23(30-26(22)39-27)37-18-11-13-28-14-12-18/h1-2,5-6,9-10,17-19,21,28,33H,3-4,7-8,11-15H2,(H,29,31,34)/t17-,19-/m1/s1. The lowest BCUT2D eigenvalue weighted by Crippen LogP contribution is -2.34. The molecule has 0 unspecified atom stereocenters. The first-order valence-electron chi connectivity index (χ1n) is 13.6. The molecule has 6 rings (SSSR count). The SMILES string of the molecule is O=C(Nc1nc2ccc(OC3CCNCC3)nc2s1)C(=NO[C@@H]1CC[C@@H](O)C1)c1ccc(S(=O)(=O)C2CC2)cc1. The van der Waals surface area contributed by atoms with Crippen molar-refractivity contribution in [2.24, 2.45) is 5.16 Å². The molecule has 0 radical (unpaired) electrons. The average molecular weight is 586 g/mol. The molecule has 0 spiro atoms. The van der Waals surface area contributed by atoms with Crippen LogP contribution in [0.2, 0.25) is 0 Å². The number of hydrogen-bond donors (Lipinski definition) is 3. The van der Waals surface area contributed by atoms with Gasteiger partial charge >= 0.3 is 0 Å². The number of oxime groups is 1. The van der Waals surface area contributed by atoms with Gasteiger partial charge in [0.1, 0.15) is 22.6 Å². The lowest BCUT2D eigenvalue weighted by atomic mass is 10.1. The number of aromatic nitrogens is 2. The largest absolute Gasteiger partial charge is 0.474 e. The second-order valence-corrected chi connectivity index (χ2v) is 13.6. The Hall–Kier alpha value is -3.13. The summed E-state index contributed by atoms with van der Waals surface area (Å²) in [6.07, 6.45) is 4.20. The Balaban J connectivity index is 1.21. The fraction of sp³-hybridized carbons (Fsp3) is 0.481. The number of nitrogens with zero attached hydrogens (tertiary/aromatic N) is 3. The Kier molecular flexibility index (Phi) is 7.71. The minimum Gasteiger partial charge on any atom is -0.474 e. The molecular weight excluding hydrogens is 554 g/mol. The monoisotopic (exact) mass is 585 g/mol. The van der Waals surface area contributed by atoms with Gasteiger partial charge in [0, 0.05) is 18.1 Å². The quantitative estimate of drug-likeness (QED) is 0.254. The molecule has 13 heteroatoms. The summed E-state index contributed by atoms with van der Waals surface area (Å²) in [4.78, 5) is 29.0. The van der Waals surface area contributed by atoms with Crippen LogP contribution in [0.1, 0.15) is 50.5 Å². The summed E-state index contributed by atoms with van der Waals surface area (Å²) in [5, 5.41) is 20.1. The molecule has 3 fully saturated rings. The topological polar surface area (TPSA) is 152 Å². The lowest BCUT2D eigenvalue weighted by Gasteiger charge is -2.23. The van der Waals surface area contributed by atoms with Gasteiger partial charge in [-0.15, -0.1) is 0 Å². The van der Waals surface area contributed by atoms with Gasteiger partial charge in [0.05, 0.1) is 16.2 Å². The van der Waals surface area contributed by atoms with Crippen molar-refractivity contribution in [3.05, 3.63) is 42.0 Å². The maximum atomic E-state index is 13.4. The average Bonchev–Trinajstić information content (AvgIpc) is 3.63. The van der Waals surface area contributed by atoms with E-state index in [0.717, 1.165) is 25.9 Å². The minimum absolute atomic E-state index is 0.0149. The van der Waals surface area contributed by atoms with E-state index >= 15 is 0 Å². The Labute approximate surface area is 235 Å². The number of rotatable bonds is 9. The first-order valence-corrected chi connectivity index (χ1v) is 15.9. The highest BCUT2D eigenvalue weighted by Gasteiger charge is 2.37. The summed E-state index contributed by atoms with van der Waals surface area (Å²) in [5.74, 6) is -0.0295. The number of amides is 1. The molecule has 2 atom stereocenters. The second-order valence-electron chi connectivity index (χ2n) is 10.4. The van der Waals surface area contributed by atoms with Crippen LogP contribution in [-0.2, 0) is 19.5 Å². The Morgan fingerprint density at radius 2 is 1.77 bits per heavy atom. The molecule has 212 valence electrons. The number of nitrogens with one attached hydrogen (secondary N) is 2. The number of hydrogen-bond acceptors (Lipinski definition) is 11. The summed E-state index contributed by atoms with van der Waals surface area (Å²) in [7, 11) is -3.36. The van der Waals surface area contributed by atoms with Crippen LogP contribution < -0.4 is 15.4 Å². The van der Waals surface area contributed by atoms with E-state index in [1.54, 1.807) is 18.2 Å². The van der Waals surface area contributed by atoms with Crippen molar-refractivity contribution in [2.45, 2.75) is 73.4 Å². The summed E-state index contributed by atoms with van der Waals surface area (Å²) in [6, 6.07) is 9.71. The van der Waals surface area contributed by atoms with Gasteiger partial charge in [-0.05, 0) is 69.8 Å². The van der Waals surface area contributed by atoms with Crippen LogP contribution in [0, 0.1) is 0 Å².